The summed E-state index contributed by atoms with van der Waals surface area (Å²) in [5.74, 6) is 0.140. The molecule has 1 aromatic heterocycles. The lowest BCUT2D eigenvalue weighted by Crippen LogP contribution is -2.39. The minimum absolute atomic E-state index is 0.0652. The quantitative estimate of drug-likeness (QED) is 0.288. The Morgan fingerprint density at radius 2 is 1.85 bits per heavy atom. The lowest BCUT2D eigenvalue weighted by molar-refractivity contribution is -0.137. The molecule has 1 fully saturated rings. The predicted octanol–water partition coefficient (Wildman–Crippen LogP) is 4.40. The molecule has 0 saturated carbocycles. The number of piperidine rings is 1. The minimum atomic E-state index is -4.49. The van der Waals surface area contributed by atoms with Gasteiger partial charge in [-0.05, 0) is 73.6 Å². The number of rotatable bonds is 9. The summed E-state index contributed by atoms with van der Waals surface area (Å²) in [7, 11) is -3.98. The average molecular weight is 600 g/mol. The molecule has 2 heterocycles. The van der Waals surface area contributed by atoms with Crippen LogP contribution in [0.15, 0.2) is 52.4 Å². The number of alkyl halides is 3. The molecule has 2 N–H and O–H groups in total. The van der Waals surface area contributed by atoms with E-state index in [2.05, 4.69) is 10.2 Å². The highest BCUT2D eigenvalue weighted by molar-refractivity contribution is 7.99. The fraction of sp³-hybridized carbons (Fsp3) is 0.423. The van der Waals surface area contributed by atoms with Crippen molar-refractivity contribution >= 4 is 27.7 Å². The van der Waals surface area contributed by atoms with E-state index in [1.54, 1.807) is 11.8 Å². The van der Waals surface area contributed by atoms with E-state index in [1.807, 2.05) is 0 Å². The Hall–Kier alpha value is -2.97. The van der Waals surface area contributed by atoms with Gasteiger partial charge in [-0.25, -0.2) is 17.9 Å². The molecule has 3 aromatic rings. The smallest absolute Gasteiger partial charge is 0.343 e. The highest BCUT2D eigenvalue weighted by atomic mass is 32.2. The van der Waals surface area contributed by atoms with Crippen LogP contribution in [0.1, 0.15) is 41.6 Å². The molecule has 1 aliphatic rings. The van der Waals surface area contributed by atoms with Crippen molar-refractivity contribution in [2.75, 3.05) is 18.8 Å². The molecule has 2 aromatic carbocycles. The van der Waals surface area contributed by atoms with Crippen LogP contribution in [-0.2, 0) is 34.0 Å². The van der Waals surface area contributed by atoms with Gasteiger partial charge in [0, 0.05) is 30.2 Å². The van der Waals surface area contributed by atoms with Crippen molar-refractivity contribution in [1.82, 2.24) is 19.9 Å². The molecule has 40 heavy (non-hydrogen) atoms. The Morgan fingerprint density at radius 1 is 1.12 bits per heavy atom. The first kappa shape index (κ1) is 30.0. The molecule has 8 nitrogen and oxygen atoms in total. The number of hydrogen-bond acceptors (Lipinski definition) is 6. The first-order valence-electron chi connectivity index (χ1n) is 12.6. The number of thioether (sulfide) groups is 1. The van der Waals surface area contributed by atoms with E-state index < -0.39 is 27.6 Å². The van der Waals surface area contributed by atoms with E-state index >= 15 is 0 Å². The van der Waals surface area contributed by atoms with Crippen LogP contribution in [0.25, 0.3) is 0 Å². The van der Waals surface area contributed by atoms with Crippen molar-refractivity contribution < 1.29 is 30.8 Å². The number of sulfonamides is 1. The van der Waals surface area contributed by atoms with Crippen LogP contribution in [0.2, 0.25) is 0 Å². The van der Waals surface area contributed by atoms with Gasteiger partial charge in [-0.3, -0.25) is 4.79 Å². The molecule has 0 atom stereocenters. The monoisotopic (exact) mass is 599 g/mol. The normalized spacial score (nSPS) is 15.0. The number of likely N-dealkylation sites (tertiary alicyclic amines) is 1. The Labute approximate surface area is 234 Å². The van der Waals surface area contributed by atoms with Crippen molar-refractivity contribution in [3.63, 3.8) is 0 Å². The topological polar surface area (TPSA) is 111 Å². The van der Waals surface area contributed by atoms with E-state index in [1.165, 1.54) is 41.0 Å². The molecule has 1 saturated heterocycles. The zero-order valence-electron chi connectivity index (χ0n) is 21.7. The van der Waals surface area contributed by atoms with Crippen LogP contribution in [0.3, 0.4) is 0 Å². The van der Waals surface area contributed by atoms with Crippen LogP contribution in [0.5, 0.6) is 0 Å². The third kappa shape index (κ3) is 7.82. The van der Waals surface area contributed by atoms with Gasteiger partial charge < -0.3 is 4.90 Å². The number of halogens is 4. The Balaban J connectivity index is 1.30. The number of hydrogen-bond donors (Lipinski definition) is 1. The molecular weight excluding hydrogens is 570 g/mol. The van der Waals surface area contributed by atoms with E-state index in [0.717, 1.165) is 31.0 Å². The maximum Gasteiger partial charge on any atom is 0.416 e. The van der Waals surface area contributed by atoms with E-state index in [-0.39, 0.29) is 36.1 Å². The second-order valence-electron chi connectivity index (χ2n) is 9.77. The number of amides is 1. The third-order valence-corrected chi connectivity index (χ3v) is 8.97. The molecule has 0 aliphatic carbocycles. The zero-order valence-corrected chi connectivity index (χ0v) is 23.3. The lowest BCUT2D eigenvalue weighted by atomic mass is 9.97. The van der Waals surface area contributed by atoms with Gasteiger partial charge in [0.05, 0.1) is 28.9 Å². The largest absolute Gasteiger partial charge is 0.416 e. The van der Waals surface area contributed by atoms with Gasteiger partial charge in [-0.1, -0.05) is 6.07 Å². The molecule has 1 amide bonds. The predicted molar refractivity (Wildman–Crippen MR) is 141 cm³/mol. The number of carbonyl (C=O) groups excluding carboxylic acids is 1. The number of aryl methyl sites for hydroxylation is 2. The van der Waals surface area contributed by atoms with Crippen molar-refractivity contribution in [2.24, 2.45) is 11.1 Å². The molecule has 4 rings (SSSR count). The summed E-state index contributed by atoms with van der Waals surface area (Å²) in [6.45, 7) is 2.87. The number of nitrogens with zero attached hydrogens (tertiary/aromatic N) is 4. The highest BCUT2D eigenvalue weighted by Gasteiger charge is 2.31. The number of aromatic nitrogens is 3. The summed E-state index contributed by atoms with van der Waals surface area (Å²) in [6, 6.07) is 7.12. The van der Waals surface area contributed by atoms with Crippen molar-refractivity contribution in [3.8, 4) is 0 Å². The summed E-state index contributed by atoms with van der Waals surface area (Å²) in [5, 5.41) is 13.3. The maximum atomic E-state index is 14.3. The van der Waals surface area contributed by atoms with E-state index in [0.29, 0.717) is 40.6 Å². The molecule has 0 radical (unpaired) electrons. The van der Waals surface area contributed by atoms with Crippen LogP contribution in [0, 0.1) is 18.7 Å². The fourth-order valence-corrected chi connectivity index (χ4v) is 6.17. The molecule has 14 heteroatoms. The van der Waals surface area contributed by atoms with Gasteiger partial charge in [0.2, 0.25) is 15.9 Å². The second-order valence-corrected chi connectivity index (χ2v) is 12.4. The average Bonchev–Trinajstić information content (AvgIpc) is 3.30. The summed E-state index contributed by atoms with van der Waals surface area (Å²) in [5.41, 5.74) is 0.939. The molecule has 216 valence electrons. The zero-order chi connectivity index (χ0) is 29.1. The number of carbonyl (C=O) groups is 1. The maximum absolute atomic E-state index is 14.3. The summed E-state index contributed by atoms with van der Waals surface area (Å²) in [6.07, 6.45) is -1.06. The van der Waals surface area contributed by atoms with Crippen LogP contribution in [-0.4, -0.2) is 53.1 Å². The van der Waals surface area contributed by atoms with Gasteiger partial charge >= 0.3 is 6.18 Å². The van der Waals surface area contributed by atoms with Gasteiger partial charge in [0.1, 0.15) is 5.82 Å². The van der Waals surface area contributed by atoms with Crippen molar-refractivity contribution in [3.05, 3.63) is 70.8 Å². The Morgan fingerprint density at radius 3 is 2.45 bits per heavy atom. The van der Waals surface area contributed by atoms with Gasteiger partial charge in [-0.15, -0.1) is 11.8 Å². The fourth-order valence-electron chi connectivity index (χ4n) is 4.54. The molecular formula is C26H29F4N5O3S2. The van der Waals surface area contributed by atoms with Crippen LogP contribution >= 0.6 is 11.8 Å². The number of primary sulfonamides is 1. The number of benzene rings is 2. The lowest BCUT2D eigenvalue weighted by Gasteiger charge is -2.32. The van der Waals surface area contributed by atoms with Gasteiger partial charge in [0.15, 0.2) is 0 Å². The van der Waals surface area contributed by atoms with E-state index in [9.17, 15) is 30.8 Å². The first-order valence-corrected chi connectivity index (χ1v) is 15.1. The highest BCUT2D eigenvalue weighted by Crippen LogP contribution is 2.32. The summed E-state index contributed by atoms with van der Waals surface area (Å²) in [4.78, 5) is 16.1. The van der Waals surface area contributed by atoms with E-state index in [4.69, 9.17) is 5.14 Å². The van der Waals surface area contributed by atoms with Crippen molar-refractivity contribution in [2.45, 2.75) is 55.1 Å². The van der Waals surface area contributed by atoms with Gasteiger partial charge in [-0.2, -0.15) is 28.2 Å². The third-order valence-electron chi connectivity index (χ3n) is 6.78. The standard InChI is InChI=1S/C26H29F4N5O3S2/c1-17-14-32-35(33-17)15-20-12-21(26(28,29)30)4-2-19(20)3-7-25(36)34-10-8-18(9-11-34)16-39-24-6-5-22(13-23(24)27)40(31,37)38/h2,4-6,12-14,18H,3,7-11,15-16H2,1H3,(H2,31,37,38). The van der Waals surface area contributed by atoms with Gasteiger partial charge in [0.25, 0.3) is 0 Å². The Kier molecular flexibility index (Phi) is 9.20. The van der Waals surface area contributed by atoms with Crippen LogP contribution in [0.4, 0.5) is 17.6 Å². The van der Waals surface area contributed by atoms with Crippen molar-refractivity contribution in [1.29, 1.82) is 0 Å². The molecule has 1 aliphatic heterocycles. The Bertz CT molecular complexity index is 1470. The first-order chi connectivity index (χ1) is 18.8. The van der Waals surface area contributed by atoms with Crippen LogP contribution < -0.4 is 5.14 Å². The summed E-state index contributed by atoms with van der Waals surface area (Å²) >= 11 is 1.29. The number of nitrogens with two attached hydrogens (primary N) is 1. The summed E-state index contributed by atoms with van der Waals surface area (Å²) < 4.78 is 77.0. The molecule has 0 bridgehead atoms. The second kappa shape index (κ2) is 12.3. The molecule has 0 unspecified atom stereocenters. The molecule has 0 spiro atoms. The minimum Gasteiger partial charge on any atom is -0.343 e. The SMILES string of the molecule is Cc1cnn(Cc2cc(C(F)(F)F)ccc2CCC(=O)N2CCC(CSc3ccc(S(N)(=O)=O)cc3F)CC2)n1.